The Labute approximate surface area is 177 Å². The van der Waals surface area contributed by atoms with Crippen LogP contribution in [0.25, 0.3) is 0 Å². The molecule has 1 amide bonds. The van der Waals surface area contributed by atoms with Gasteiger partial charge in [0.2, 0.25) is 5.91 Å². The maximum atomic E-state index is 13.2. The molecule has 0 unspecified atom stereocenters. The van der Waals surface area contributed by atoms with E-state index in [0.29, 0.717) is 22.5 Å². The van der Waals surface area contributed by atoms with Gasteiger partial charge in [-0.25, -0.2) is 9.37 Å². The van der Waals surface area contributed by atoms with Crippen LogP contribution in [0.15, 0.2) is 46.2 Å². The topological polar surface area (TPSA) is 81.9 Å². The van der Waals surface area contributed by atoms with Crippen LogP contribution in [-0.4, -0.2) is 31.4 Å². The number of benzene rings is 1. The van der Waals surface area contributed by atoms with Crippen molar-refractivity contribution in [2.45, 2.75) is 11.8 Å². The molecule has 0 aliphatic rings. The number of rotatable bonds is 7. The molecule has 0 aliphatic heterocycles. The molecule has 146 valence electrons. The van der Waals surface area contributed by atoms with Gasteiger partial charge in [-0.05, 0) is 40.2 Å². The molecule has 2 aromatic heterocycles. The van der Waals surface area contributed by atoms with Gasteiger partial charge in [-0.1, -0.05) is 23.4 Å². The van der Waals surface area contributed by atoms with Crippen LogP contribution in [0.2, 0.25) is 5.02 Å². The van der Waals surface area contributed by atoms with E-state index in [9.17, 15) is 9.18 Å². The predicted octanol–water partition coefficient (Wildman–Crippen LogP) is 4.07. The van der Waals surface area contributed by atoms with Gasteiger partial charge >= 0.3 is 0 Å². The van der Waals surface area contributed by atoms with Crippen molar-refractivity contribution in [2.75, 3.05) is 11.1 Å². The van der Waals surface area contributed by atoms with Gasteiger partial charge in [0, 0.05) is 23.8 Å². The number of halogens is 3. The molecule has 0 fully saturated rings. The van der Waals surface area contributed by atoms with E-state index in [0.717, 1.165) is 4.47 Å². The zero-order valence-electron chi connectivity index (χ0n) is 14.5. The number of nitrogens with zero attached hydrogens (tertiary/aromatic N) is 4. The van der Waals surface area contributed by atoms with E-state index in [1.807, 2.05) is 0 Å². The number of thioether (sulfide) groups is 1. The molecule has 0 saturated carbocycles. The largest absolute Gasteiger partial charge is 0.486 e. The fourth-order valence-corrected chi connectivity index (χ4v) is 3.20. The summed E-state index contributed by atoms with van der Waals surface area (Å²) in [6.45, 7) is 0.126. The highest BCUT2D eigenvalue weighted by atomic mass is 79.9. The van der Waals surface area contributed by atoms with Gasteiger partial charge in [-0.15, -0.1) is 10.2 Å². The van der Waals surface area contributed by atoms with E-state index in [1.54, 1.807) is 29.9 Å². The maximum Gasteiger partial charge on any atom is 0.236 e. The van der Waals surface area contributed by atoms with Crippen LogP contribution in [0.4, 0.5) is 10.2 Å². The lowest BCUT2D eigenvalue weighted by molar-refractivity contribution is -0.113. The number of ether oxygens (including phenoxy) is 1. The second kappa shape index (κ2) is 9.35. The molecule has 0 bridgehead atoms. The summed E-state index contributed by atoms with van der Waals surface area (Å²) in [6.07, 6.45) is 1.60. The SMILES string of the molecule is Cn1c(COc2ccc(F)c(Cl)c2)nnc1SCC(=O)Nc1ccc(Br)cn1. The summed E-state index contributed by atoms with van der Waals surface area (Å²) >= 11 is 10.3. The van der Waals surface area contributed by atoms with Crippen LogP contribution in [0.1, 0.15) is 5.82 Å². The van der Waals surface area contributed by atoms with Crippen LogP contribution in [0, 0.1) is 5.82 Å². The molecular weight excluding hydrogens is 473 g/mol. The van der Waals surface area contributed by atoms with Crippen molar-refractivity contribution in [3.8, 4) is 5.75 Å². The van der Waals surface area contributed by atoms with Crippen molar-refractivity contribution < 1.29 is 13.9 Å². The third-order valence-corrected chi connectivity index (χ3v) is 5.29. The van der Waals surface area contributed by atoms with Gasteiger partial charge in [0.15, 0.2) is 11.0 Å². The number of nitrogens with one attached hydrogen (secondary N) is 1. The minimum Gasteiger partial charge on any atom is -0.486 e. The number of carbonyl (C=O) groups is 1. The zero-order valence-corrected chi connectivity index (χ0v) is 17.7. The Bertz CT molecular complexity index is 986. The molecule has 0 atom stereocenters. The Morgan fingerprint density at radius 3 is 2.89 bits per heavy atom. The number of hydrogen-bond donors (Lipinski definition) is 1. The zero-order chi connectivity index (χ0) is 20.1. The first-order valence-corrected chi connectivity index (χ1v) is 10.1. The van der Waals surface area contributed by atoms with Crippen LogP contribution in [0.3, 0.4) is 0 Å². The van der Waals surface area contributed by atoms with Gasteiger partial charge in [0.25, 0.3) is 0 Å². The quantitative estimate of drug-likeness (QED) is 0.507. The van der Waals surface area contributed by atoms with Crippen LogP contribution in [0.5, 0.6) is 5.75 Å². The second-order valence-electron chi connectivity index (χ2n) is 5.52. The Morgan fingerprint density at radius 2 is 2.18 bits per heavy atom. The first-order chi connectivity index (χ1) is 13.4. The highest BCUT2D eigenvalue weighted by Gasteiger charge is 2.13. The fraction of sp³-hybridized carbons (Fsp3) is 0.176. The molecule has 0 radical (unpaired) electrons. The molecule has 11 heteroatoms. The van der Waals surface area contributed by atoms with Crippen LogP contribution in [-0.2, 0) is 18.4 Å². The highest BCUT2D eigenvalue weighted by Crippen LogP contribution is 2.22. The third-order valence-electron chi connectivity index (χ3n) is 3.51. The van der Waals surface area contributed by atoms with Crippen molar-refractivity contribution >= 4 is 51.0 Å². The van der Waals surface area contributed by atoms with Crippen molar-refractivity contribution in [1.29, 1.82) is 0 Å². The van der Waals surface area contributed by atoms with Crippen molar-refractivity contribution in [1.82, 2.24) is 19.7 Å². The average Bonchev–Trinajstić information content (AvgIpc) is 3.03. The number of anilines is 1. The molecule has 0 aliphatic carbocycles. The Morgan fingerprint density at radius 1 is 1.36 bits per heavy atom. The van der Waals surface area contributed by atoms with Crippen LogP contribution < -0.4 is 10.1 Å². The summed E-state index contributed by atoms with van der Waals surface area (Å²) in [5.41, 5.74) is 0. The lowest BCUT2D eigenvalue weighted by atomic mass is 10.3. The van der Waals surface area contributed by atoms with Gasteiger partial charge in [0.1, 0.15) is 24.0 Å². The minimum atomic E-state index is -0.511. The standard InChI is InChI=1S/C17H14BrClFN5O2S/c1-25-15(8-27-11-3-4-13(20)12(19)6-11)23-24-17(25)28-9-16(26)22-14-5-2-10(18)7-21-14/h2-7H,8-9H2,1H3,(H,21,22,26). The van der Waals surface area contributed by atoms with E-state index >= 15 is 0 Å². The first kappa shape index (κ1) is 20.6. The molecule has 0 spiro atoms. The molecule has 28 heavy (non-hydrogen) atoms. The number of hydrogen-bond acceptors (Lipinski definition) is 6. The lowest BCUT2D eigenvalue weighted by Crippen LogP contribution is -2.15. The fourth-order valence-electron chi connectivity index (χ4n) is 2.07. The highest BCUT2D eigenvalue weighted by molar-refractivity contribution is 9.10. The smallest absolute Gasteiger partial charge is 0.236 e. The van der Waals surface area contributed by atoms with E-state index in [2.05, 4.69) is 36.4 Å². The third kappa shape index (κ3) is 5.43. The summed E-state index contributed by atoms with van der Waals surface area (Å²) in [6, 6.07) is 7.59. The molecule has 1 aromatic carbocycles. The number of carbonyl (C=O) groups excluding carboxylic acids is 1. The Balaban J connectivity index is 1.53. The summed E-state index contributed by atoms with van der Waals surface area (Å²) in [4.78, 5) is 16.1. The number of pyridine rings is 1. The Hall–Kier alpha value is -2.17. The van der Waals surface area contributed by atoms with Crippen molar-refractivity contribution in [2.24, 2.45) is 7.05 Å². The maximum absolute atomic E-state index is 13.2. The average molecular weight is 487 g/mol. The monoisotopic (exact) mass is 485 g/mol. The first-order valence-electron chi connectivity index (χ1n) is 7.92. The number of amides is 1. The molecule has 3 rings (SSSR count). The Kier molecular flexibility index (Phi) is 6.87. The van der Waals surface area contributed by atoms with E-state index in [1.165, 1.54) is 30.0 Å². The number of aromatic nitrogens is 4. The van der Waals surface area contributed by atoms with Gasteiger partial charge in [-0.3, -0.25) is 4.79 Å². The van der Waals surface area contributed by atoms with Gasteiger partial charge in [0.05, 0.1) is 10.8 Å². The van der Waals surface area contributed by atoms with E-state index in [4.69, 9.17) is 16.3 Å². The second-order valence-corrected chi connectivity index (χ2v) is 7.79. The predicted molar refractivity (Wildman–Crippen MR) is 108 cm³/mol. The summed E-state index contributed by atoms with van der Waals surface area (Å²) < 4.78 is 21.3. The minimum absolute atomic E-state index is 0.0158. The van der Waals surface area contributed by atoms with Crippen molar-refractivity contribution in [3.05, 3.63) is 57.7 Å². The van der Waals surface area contributed by atoms with E-state index in [-0.39, 0.29) is 23.3 Å². The lowest BCUT2D eigenvalue weighted by Gasteiger charge is -2.07. The van der Waals surface area contributed by atoms with Gasteiger partial charge < -0.3 is 14.6 Å². The summed E-state index contributed by atoms with van der Waals surface area (Å²) in [5.74, 6) is 0.879. The van der Waals surface area contributed by atoms with E-state index < -0.39 is 5.82 Å². The molecule has 7 nitrogen and oxygen atoms in total. The normalized spacial score (nSPS) is 10.7. The van der Waals surface area contributed by atoms with Crippen molar-refractivity contribution in [3.63, 3.8) is 0 Å². The van der Waals surface area contributed by atoms with Gasteiger partial charge in [-0.2, -0.15) is 0 Å². The molecule has 2 heterocycles. The molecular formula is C17H14BrClFN5O2S. The summed E-state index contributed by atoms with van der Waals surface area (Å²) in [7, 11) is 1.77. The summed E-state index contributed by atoms with van der Waals surface area (Å²) in [5, 5.41) is 11.4. The molecule has 3 aromatic rings. The van der Waals surface area contributed by atoms with Crippen LogP contribution >= 0.6 is 39.3 Å². The molecule has 1 N–H and O–H groups in total. The molecule has 0 saturated heterocycles.